The van der Waals surface area contributed by atoms with Gasteiger partial charge in [0.25, 0.3) is 0 Å². The quantitative estimate of drug-likeness (QED) is 0.662. The molecule has 1 atom stereocenters. The van der Waals surface area contributed by atoms with E-state index in [2.05, 4.69) is 5.32 Å². The van der Waals surface area contributed by atoms with E-state index in [4.69, 9.17) is 0 Å². The van der Waals surface area contributed by atoms with Crippen molar-refractivity contribution in [2.45, 2.75) is 11.3 Å². The monoisotopic (exact) mass is 342 g/mol. The van der Waals surface area contributed by atoms with Gasteiger partial charge in [-0.05, 0) is 42.7 Å². The number of phenols is 1. The third-order valence-electron chi connectivity index (χ3n) is 4.04. The zero-order chi connectivity index (χ0) is 17.1. The Morgan fingerprint density at radius 1 is 1.21 bits per heavy atom. The number of benzene rings is 2. The molecule has 1 aliphatic rings. The molecule has 1 fully saturated rings. The summed E-state index contributed by atoms with van der Waals surface area (Å²) in [5, 5.41) is 12.4. The van der Waals surface area contributed by atoms with E-state index in [1.54, 1.807) is 34.9 Å². The fraction of sp³-hybridized carbons (Fsp3) is 0.222. The number of thioether (sulfide) groups is 1. The molecule has 1 aliphatic heterocycles. The Morgan fingerprint density at radius 2 is 1.92 bits per heavy atom. The number of nitrogens with zero attached hydrogens (tertiary/aromatic N) is 1. The lowest BCUT2D eigenvalue weighted by Gasteiger charge is -2.17. The maximum absolute atomic E-state index is 12.4. The number of carbonyl (C=O) groups is 2. The molecule has 2 N–H and O–H groups in total. The summed E-state index contributed by atoms with van der Waals surface area (Å²) in [5.74, 6) is -0.741. The van der Waals surface area contributed by atoms with Gasteiger partial charge in [-0.25, -0.2) is 0 Å². The lowest BCUT2D eigenvalue weighted by Crippen LogP contribution is -2.28. The van der Waals surface area contributed by atoms with Gasteiger partial charge in [-0.3, -0.25) is 9.59 Å². The van der Waals surface area contributed by atoms with Gasteiger partial charge in [0.1, 0.15) is 5.75 Å². The predicted molar refractivity (Wildman–Crippen MR) is 95.4 cm³/mol. The molecule has 0 aliphatic carbocycles. The van der Waals surface area contributed by atoms with Crippen LogP contribution in [0.2, 0.25) is 0 Å². The largest absolute Gasteiger partial charge is 0.506 e. The molecular weight excluding hydrogens is 324 g/mol. The molecular formula is C18H18N2O3S. The van der Waals surface area contributed by atoms with Crippen LogP contribution in [0.5, 0.6) is 5.75 Å². The molecule has 2 aromatic carbocycles. The maximum atomic E-state index is 12.4. The summed E-state index contributed by atoms with van der Waals surface area (Å²) in [6.07, 6.45) is 2.17. The fourth-order valence-electron chi connectivity index (χ4n) is 2.71. The van der Waals surface area contributed by atoms with Crippen molar-refractivity contribution >= 4 is 35.0 Å². The second-order valence-corrected chi connectivity index (χ2v) is 6.49. The van der Waals surface area contributed by atoms with Gasteiger partial charge >= 0.3 is 0 Å². The van der Waals surface area contributed by atoms with Crippen molar-refractivity contribution in [3.05, 3.63) is 48.5 Å². The Bertz CT molecular complexity index is 761. The maximum Gasteiger partial charge on any atom is 0.229 e. The predicted octanol–water partition coefficient (Wildman–Crippen LogP) is 3.11. The Kier molecular flexibility index (Phi) is 4.76. The molecule has 2 aromatic rings. The van der Waals surface area contributed by atoms with Crippen molar-refractivity contribution in [2.24, 2.45) is 5.92 Å². The number of para-hydroxylation sites is 2. The molecule has 0 radical (unpaired) electrons. The minimum Gasteiger partial charge on any atom is -0.506 e. The number of rotatable bonds is 4. The van der Waals surface area contributed by atoms with Gasteiger partial charge in [0.2, 0.25) is 11.8 Å². The average Bonchev–Trinajstić information content (AvgIpc) is 2.99. The number of anilines is 2. The summed E-state index contributed by atoms with van der Waals surface area (Å²) >= 11 is 1.64. The molecule has 0 spiro atoms. The van der Waals surface area contributed by atoms with Crippen LogP contribution in [0.25, 0.3) is 0 Å². The van der Waals surface area contributed by atoms with E-state index in [1.807, 2.05) is 30.5 Å². The first-order chi connectivity index (χ1) is 11.6. The fourth-order valence-corrected chi connectivity index (χ4v) is 3.12. The highest BCUT2D eigenvalue weighted by Crippen LogP contribution is 2.29. The molecule has 0 saturated carbocycles. The third kappa shape index (κ3) is 3.38. The molecule has 3 rings (SSSR count). The minimum atomic E-state index is -0.433. The lowest BCUT2D eigenvalue weighted by atomic mass is 10.1. The molecule has 124 valence electrons. The molecule has 24 heavy (non-hydrogen) atoms. The van der Waals surface area contributed by atoms with Crippen LogP contribution >= 0.6 is 11.8 Å². The first kappa shape index (κ1) is 16.4. The van der Waals surface area contributed by atoms with E-state index in [0.29, 0.717) is 12.2 Å². The van der Waals surface area contributed by atoms with E-state index >= 15 is 0 Å². The van der Waals surface area contributed by atoms with Gasteiger partial charge in [0.05, 0.1) is 11.6 Å². The standard InChI is InChI=1S/C18H18N2O3S/c1-24-14-8-6-13(7-9-14)20-11-12(10-17(20)22)18(23)19-15-4-2-3-5-16(15)21/h2-9,12,21H,10-11H2,1H3,(H,19,23). The minimum absolute atomic E-state index is 0.0136. The van der Waals surface area contributed by atoms with Crippen LogP contribution < -0.4 is 10.2 Å². The number of hydrogen-bond donors (Lipinski definition) is 2. The normalized spacial score (nSPS) is 17.1. The van der Waals surface area contributed by atoms with Crippen molar-refractivity contribution in [3.8, 4) is 5.75 Å². The van der Waals surface area contributed by atoms with Gasteiger partial charge in [0, 0.05) is 23.5 Å². The van der Waals surface area contributed by atoms with Crippen molar-refractivity contribution in [1.29, 1.82) is 0 Å². The lowest BCUT2D eigenvalue weighted by molar-refractivity contribution is -0.122. The Balaban J connectivity index is 1.69. The highest BCUT2D eigenvalue weighted by atomic mass is 32.2. The molecule has 6 heteroatoms. The molecule has 0 bridgehead atoms. The van der Waals surface area contributed by atoms with E-state index < -0.39 is 5.92 Å². The van der Waals surface area contributed by atoms with Crippen molar-refractivity contribution in [3.63, 3.8) is 0 Å². The first-order valence-corrected chi connectivity index (χ1v) is 8.84. The first-order valence-electron chi connectivity index (χ1n) is 7.62. The number of amides is 2. The van der Waals surface area contributed by atoms with Crippen LogP contribution in [-0.2, 0) is 9.59 Å². The zero-order valence-corrected chi connectivity index (χ0v) is 14.0. The highest BCUT2D eigenvalue weighted by Gasteiger charge is 2.35. The number of hydrogen-bond acceptors (Lipinski definition) is 4. The Morgan fingerprint density at radius 3 is 2.58 bits per heavy atom. The van der Waals surface area contributed by atoms with Gasteiger partial charge < -0.3 is 15.3 Å². The van der Waals surface area contributed by atoms with Gasteiger partial charge in [-0.1, -0.05) is 12.1 Å². The van der Waals surface area contributed by atoms with Crippen molar-refractivity contribution in [2.75, 3.05) is 23.0 Å². The van der Waals surface area contributed by atoms with Gasteiger partial charge in [-0.2, -0.15) is 0 Å². The number of phenolic OH excluding ortho intramolecular Hbond substituents is 1. The summed E-state index contributed by atoms with van der Waals surface area (Å²) in [4.78, 5) is 27.4. The van der Waals surface area contributed by atoms with Crippen LogP contribution in [0.1, 0.15) is 6.42 Å². The number of nitrogens with one attached hydrogen (secondary N) is 1. The molecule has 0 aromatic heterocycles. The molecule has 5 nitrogen and oxygen atoms in total. The SMILES string of the molecule is CSc1ccc(N2CC(C(=O)Nc3ccccc3O)CC2=O)cc1. The van der Waals surface area contributed by atoms with Crippen LogP contribution in [0, 0.1) is 5.92 Å². The Labute approximate surface area is 144 Å². The second kappa shape index (κ2) is 6.97. The smallest absolute Gasteiger partial charge is 0.229 e. The van der Waals surface area contributed by atoms with E-state index in [1.165, 1.54) is 6.07 Å². The van der Waals surface area contributed by atoms with Crippen molar-refractivity contribution < 1.29 is 14.7 Å². The topological polar surface area (TPSA) is 69.6 Å². The number of aromatic hydroxyl groups is 1. The van der Waals surface area contributed by atoms with E-state index in [9.17, 15) is 14.7 Å². The summed E-state index contributed by atoms with van der Waals surface area (Å²) in [6, 6.07) is 14.3. The summed E-state index contributed by atoms with van der Waals surface area (Å²) in [5.41, 5.74) is 1.16. The summed E-state index contributed by atoms with van der Waals surface area (Å²) in [7, 11) is 0. The molecule has 1 heterocycles. The van der Waals surface area contributed by atoms with E-state index in [-0.39, 0.29) is 24.0 Å². The number of carbonyl (C=O) groups excluding carboxylic acids is 2. The van der Waals surface area contributed by atoms with Crippen LogP contribution in [0.3, 0.4) is 0 Å². The van der Waals surface area contributed by atoms with Crippen LogP contribution in [-0.4, -0.2) is 29.7 Å². The van der Waals surface area contributed by atoms with Gasteiger partial charge in [-0.15, -0.1) is 11.8 Å². The molecule has 2 amide bonds. The second-order valence-electron chi connectivity index (χ2n) is 5.61. The zero-order valence-electron chi connectivity index (χ0n) is 13.2. The van der Waals surface area contributed by atoms with E-state index in [0.717, 1.165) is 10.6 Å². The summed E-state index contributed by atoms with van der Waals surface area (Å²) < 4.78 is 0. The van der Waals surface area contributed by atoms with Crippen molar-refractivity contribution in [1.82, 2.24) is 0 Å². The highest BCUT2D eigenvalue weighted by molar-refractivity contribution is 7.98. The molecule has 1 unspecified atom stereocenters. The molecule has 1 saturated heterocycles. The van der Waals surface area contributed by atoms with Crippen LogP contribution in [0.15, 0.2) is 53.4 Å². The Hall–Kier alpha value is -2.47. The average molecular weight is 342 g/mol. The summed E-state index contributed by atoms with van der Waals surface area (Å²) in [6.45, 7) is 0.344. The van der Waals surface area contributed by atoms with Crippen LogP contribution in [0.4, 0.5) is 11.4 Å². The van der Waals surface area contributed by atoms with Gasteiger partial charge in [0.15, 0.2) is 0 Å². The third-order valence-corrected chi connectivity index (χ3v) is 4.79.